The van der Waals surface area contributed by atoms with Crippen LogP contribution < -0.4 is 10.9 Å². The summed E-state index contributed by atoms with van der Waals surface area (Å²) in [4.78, 5) is 30.5. The monoisotopic (exact) mass is 287 g/mol. The molecule has 0 spiro atoms. The molecule has 3 heterocycles. The fraction of sp³-hybridized carbons (Fsp3) is 0.231. The predicted molar refractivity (Wildman–Crippen MR) is 73.9 cm³/mol. The quantitative estimate of drug-likeness (QED) is 0.658. The third kappa shape index (κ3) is 2.20. The van der Waals surface area contributed by atoms with Gasteiger partial charge < -0.3 is 14.7 Å². The van der Waals surface area contributed by atoms with Gasteiger partial charge in [0.25, 0.3) is 11.5 Å². The summed E-state index contributed by atoms with van der Waals surface area (Å²) >= 11 is 0. The molecule has 21 heavy (non-hydrogen) atoms. The Morgan fingerprint density at radius 3 is 2.95 bits per heavy atom. The van der Waals surface area contributed by atoms with E-state index in [-0.39, 0.29) is 22.6 Å². The minimum atomic E-state index is -0.401. The van der Waals surface area contributed by atoms with Crippen LogP contribution in [0.5, 0.6) is 0 Å². The average molecular weight is 287 g/mol. The molecule has 0 aliphatic heterocycles. The van der Waals surface area contributed by atoms with E-state index in [0.29, 0.717) is 12.3 Å². The van der Waals surface area contributed by atoms with Crippen molar-refractivity contribution in [3.05, 3.63) is 45.5 Å². The number of aromatic nitrogens is 4. The Bertz CT molecular complexity index is 873. The zero-order valence-corrected chi connectivity index (χ0v) is 11.5. The van der Waals surface area contributed by atoms with Crippen molar-refractivity contribution in [2.24, 2.45) is 0 Å². The van der Waals surface area contributed by atoms with Gasteiger partial charge in [0, 0.05) is 17.8 Å². The van der Waals surface area contributed by atoms with Gasteiger partial charge in [0.05, 0.1) is 18.1 Å². The molecule has 8 nitrogen and oxygen atoms in total. The van der Waals surface area contributed by atoms with Crippen LogP contribution >= 0.6 is 0 Å². The van der Waals surface area contributed by atoms with Crippen molar-refractivity contribution in [3.8, 4) is 0 Å². The molecule has 0 unspecified atom stereocenters. The second kappa shape index (κ2) is 4.89. The lowest BCUT2D eigenvalue weighted by molar-refractivity contribution is 0.0950. The van der Waals surface area contributed by atoms with Crippen LogP contribution in [-0.4, -0.2) is 26.1 Å². The van der Waals surface area contributed by atoms with Crippen LogP contribution in [0, 0.1) is 13.8 Å². The maximum absolute atomic E-state index is 12.3. The van der Waals surface area contributed by atoms with E-state index >= 15 is 0 Å². The Labute approximate surface area is 118 Å². The molecule has 1 amide bonds. The highest BCUT2D eigenvalue weighted by atomic mass is 16.3. The third-order valence-electron chi connectivity index (χ3n) is 3.27. The number of H-pyrrole nitrogens is 2. The average Bonchev–Trinajstić information content (AvgIpc) is 3.00. The fourth-order valence-electron chi connectivity index (χ4n) is 2.14. The summed E-state index contributed by atoms with van der Waals surface area (Å²) < 4.78 is 5.35. The van der Waals surface area contributed by atoms with Gasteiger partial charge in [-0.1, -0.05) is 0 Å². The van der Waals surface area contributed by atoms with Crippen molar-refractivity contribution in [2.75, 3.05) is 0 Å². The van der Waals surface area contributed by atoms with Crippen molar-refractivity contribution >= 4 is 17.0 Å². The largest absolute Gasteiger partial charge is 0.442 e. The van der Waals surface area contributed by atoms with Crippen molar-refractivity contribution in [1.82, 2.24) is 25.5 Å². The standard InChI is InChI=1S/C13H13N5O3/c1-6-8(4-17-18-6)3-14-11(19)9-7(2)21-13-10(9)12(20)15-5-16-13/h4-5H,3H2,1-2H3,(H,14,19)(H,17,18)(H,15,16,20). The lowest BCUT2D eigenvalue weighted by Crippen LogP contribution is -2.24. The molecule has 8 heteroatoms. The van der Waals surface area contributed by atoms with E-state index in [0.717, 1.165) is 11.3 Å². The van der Waals surface area contributed by atoms with Crippen molar-refractivity contribution in [2.45, 2.75) is 20.4 Å². The maximum Gasteiger partial charge on any atom is 0.262 e. The van der Waals surface area contributed by atoms with Gasteiger partial charge >= 0.3 is 0 Å². The van der Waals surface area contributed by atoms with Crippen LogP contribution in [0.4, 0.5) is 0 Å². The molecule has 0 aliphatic carbocycles. The molecule has 3 N–H and O–H groups in total. The number of carbonyl (C=O) groups excluding carboxylic acids is 1. The van der Waals surface area contributed by atoms with Crippen LogP contribution in [-0.2, 0) is 6.54 Å². The summed E-state index contributed by atoms with van der Waals surface area (Å²) in [5.41, 5.74) is 1.72. The summed E-state index contributed by atoms with van der Waals surface area (Å²) in [5.74, 6) is -0.0269. The van der Waals surface area contributed by atoms with Crippen LogP contribution in [0.2, 0.25) is 0 Å². The molecule has 3 aromatic rings. The number of amides is 1. The Hall–Kier alpha value is -2.90. The summed E-state index contributed by atoms with van der Waals surface area (Å²) in [7, 11) is 0. The van der Waals surface area contributed by atoms with E-state index in [1.165, 1.54) is 6.33 Å². The number of nitrogens with one attached hydrogen (secondary N) is 3. The molecular weight excluding hydrogens is 274 g/mol. The Balaban J connectivity index is 1.93. The number of nitrogens with zero attached hydrogens (tertiary/aromatic N) is 2. The normalized spacial score (nSPS) is 11.0. The van der Waals surface area contributed by atoms with Gasteiger partial charge in [-0.3, -0.25) is 14.7 Å². The molecule has 0 saturated carbocycles. The molecule has 0 radical (unpaired) electrons. The Kier molecular flexibility index (Phi) is 3.05. The topological polar surface area (TPSA) is 117 Å². The Morgan fingerprint density at radius 2 is 2.24 bits per heavy atom. The van der Waals surface area contributed by atoms with Crippen LogP contribution in [0.1, 0.15) is 27.4 Å². The second-order valence-corrected chi connectivity index (χ2v) is 4.65. The molecular formula is C13H13N5O3. The summed E-state index contributed by atoms with van der Waals surface area (Å²) in [5, 5.41) is 9.59. The SMILES string of the molecule is Cc1[nH]ncc1CNC(=O)c1c(C)oc2nc[nH]c(=O)c12. The smallest absolute Gasteiger partial charge is 0.262 e. The molecule has 0 aromatic carbocycles. The highest BCUT2D eigenvalue weighted by molar-refractivity contribution is 6.06. The van der Waals surface area contributed by atoms with Crippen molar-refractivity contribution in [3.63, 3.8) is 0 Å². The van der Waals surface area contributed by atoms with Crippen LogP contribution in [0.3, 0.4) is 0 Å². The Morgan fingerprint density at radius 1 is 1.43 bits per heavy atom. The number of hydrogen-bond donors (Lipinski definition) is 3. The summed E-state index contributed by atoms with van der Waals surface area (Å²) in [6.45, 7) is 3.80. The highest BCUT2D eigenvalue weighted by Crippen LogP contribution is 2.20. The van der Waals surface area contributed by atoms with Crippen molar-refractivity contribution < 1.29 is 9.21 Å². The predicted octanol–water partition coefficient (Wildman–Crippen LogP) is 0.786. The first kappa shape index (κ1) is 13.1. The molecule has 0 fully saturated rings. The number of aryl methyl sites for hydroxylation is 2. The number of rotatable bonds is 3. The number of hydrogen-bond acceptors (Lipinski definition) is 5. The van der Waals surface area contributed by atoms with Gasteiger partial charge in [0.1, 0.15) is 11.1 Å². The van der Waals surface area contributed by atoms with Gasteiger partial charge in [0.2, 0.25) is 5.71 Å². The van der Waals surface area contributed by atoms with E-state index in [2.05, 4.69) is 25.5 Å². The van der Waals surface area contributed by atoms with Crippen LogP contribution in [0.15, 0.2) is 21.7 Å². The van der Waals surface area contributed by atoms with Gasteiger partial charge in [-0.25, -0.2) is 4.98 Å². The first-order chi connectivity index (χ1) is 10.1. The van der Waals surface area contributed by atoms with E-state index in [9.17, 15) is 9.59 Å². The van der Waals surface area contributed by atoms with Gasteiger partial charge in [-0.05, 0) is 13.8 Å². The number of furan rings is 1. The van der Waals surface area contributed by atoms with E-state index in [1.54, 1.807) is 13.1 Å². The first-order valence-electron chi connectivity index (χ1n) is 6.31. The van der Waals surface area contributed by atoms with Gasteiger partial charge in [-0.15, -0.1) is 0 Å². The zero-order chi connectivity index (χ0) is 15.0. The van der Waals surface area contributed by atoms with Gasteiger partial charge in [-0.2, -0.15) is 5.10 Å². The van der Waals surface area contributed by atoms with E-state index in [4.69, 9.17) is 4.42 Å². The number of aromatic amines is 2. The van der Waals surface area contributed by atoms with E-state index in [1.807, 2.05) is 6.92 Å². The maximum atomic E-state index is 12.3. The minimum Gasteiger partial charge on any atom is -0.442 e. The summed E-state index contributed by atoms with van der Waals surface area (Å²) in [6, 6.07) is 0. The fourth-order valence-corrected chi connectivity index (χ4v) is 2.14. The molecule has 0 aliphatic rings. The van der Waals surface area contributed by atoms with Gasteiger partial charge in [0.15, 0.2) is 0 Å². The molecule has 108 valence electrons. The van der Waals surface area contributed by atoms with E-state index < -0.39 is 5.56 Å². The molecule has 0 saturated heterocycles. The summed E-state index contributed by atoms with van der Waals surface area (Å²) in [6.07, 6.45) is 2.88. The molecule has 3 aromatic heterocycles. The molecule has 3 rings (SSSR count). The number of fused-ring (bicyclic) bond motifs is 1. The highest BCUT2D eigenvalue weighted by Gasteiger charge is 2.21. The lowest BCUT2D eigenvalue weighted by atomic mass is 10.1. The molecule has 0 atom stereocenters. The minimum absolute atomic E-state index is 0.154. The van der Waals surface area contributed by atoms with Crippen molar-refractivity contribution in [1.29, 1.82) is 0 Å². The van der Waals surface area contributed by atoms with Crippen LogP contribution in [0.25, 0.3) is 11.1 Å². The second-order valence-electron chi connectivity index (χ2n) is 4.65. The third-order valence-corrected chi connectivity index (χ3v) is 3.27. The zero-order valence-electron chi connectivity index (χ0n) is 11.5. The first-order valence-corrected chi connectivity index (χ1v) is 6.31. The lowest BCUT2D eigenvalue weighted by Gasteiger charge is -2.03. The number of carbonyl (C=O) groups is 1. The molecule has 0 bridgehead atoms.